The van der Waals surface area contributed by atoms with Crippen molar-refractivity contribution in [1.82, 2.24) is 4.98 Å². The maximum atomic E-state index is 11.0. The maximum Gasteiger partial charge on any atom is 0.239 e. The molecule has 1 aliphatic rings. The average molecular weight is 242 g/mol. The van der Waals surface area contributed by atoms with E-state index in [4.69, 9.17) is 5.14 Å². The van der Waals surface area contributed by atoms with Crippen LogP contribution in [0.4, 0.5) is 0 Å². The van der Waals surface area contributed by atoms with Crippen molar-refractivity contribution in [3.8, 4) is 0 Å². The molecule has 1 fully saturated rings. The first-order chi connectivity index (χ1) is 7.47. The first-order valence-corrected chi connectivity index (χ1v) is 6.67. The highest BCUT2D eigenvalue weighted by Gasteiger charge is 2.29. The van der Waals surface area contributed by atoms with Gasteiger partial charge in [0.15, 0.2) is 0 Å². The summed E-state index contributed by atoms with van der Waals surface area (Å²) in [6.45, 7) is 0. The van der Waals surface area contributed by atoms with Gasteiger partial charge in [0.1, 0.15) is 4.90 Å². The van der Waals surface area contributed by atoms with Crippen molar-refractivity contribution in [2.75, 3.05) is 0 Å². The Kier molecular flexibility index (Phi) is 2.96. The van der Waals surface area contributed by atoms with E-state index >= 15 is 0 Å². The highest BCUT2D eigenvalue weighted by Crippen LogP contribution is 2.33. The third-order valence-electron chi connectivity index (χ3n) is 2.71. The quantitative estimate of drug-likeness (QED) is 0.779. The summed E-state index contributed by atoms with van der Waals surface area (Å²) in [7, 11) is -3.68. The molecular formula is C10H14N2O3S. The van der Waals surface area contributed by atoms with Gasteiger partial charge in [0, 0.05) is 18.3 Å². The lowest BCUT2D eigenvalue weighted by molar-refractivity contribution is 0.150. The average Bonchev–Trinajstić information content (AvgIpc) is 3.00. The molecule has 1 aromatic heterocycles. The fraction of sp³-hybridized carbons (Fsp3) is 0.500. The Morgan fingerprint density at radius 2 is 2.19 bits per heavy atom. The van der Waals surface area contributed by atoms with Gasteiger partial charge in [-0.25, -0.2) is 13.6 Å². The number of aliphatic hydroxyl groups excluding tert-OH is 1. The lowest BCUT2D eigenvalue weighted by Gasteiger charge is -2.08. The molecule has 0 amide bonds. The molecule has 0 spiro atoms. The van der Waals surface area contributed by atoms with Gasteiger partial charge in [0.2, 0.25) is 10.0 Å². The standard InChI is InChI=1S/C10H14N2O3S/c11-16(14,15)9-4-3-8(12-6-9)5-10(13)7-1-2-7/h3-4,6-7,10,13H,1-2,5H2,(H2,11,14,15). The van der Waals surface area contributed by atoms with Crippen LogP contribution < -0.4 is 5.14 Å². The first kappa shape index (κ1) is 11.5. The lowest BCUT2D eigenvalue weighted by Crippen LogP contribution is -2.15. The second kappa shape index (κ2) is 4.12. The van der Waals surface area contributed by atoms with Crippen LogP contribution in [0.3, 0.4) is 0 Å². The van der Waals surface area contributed by atoms with Crippen molar-refractivity contribution >= 4 is 10.0 Å². The topological polar surface area (TPSA) is 93.3 Å². The summed E-state index contributed by atoms with van der Waals surface area (Å²) in [5.41, 5.74) is 0.687. The molecule has 0 aliphatic heterocycles. The van der Waals surface area contributed by atoms with E-state index in [2.05, 4.69) is 4.98 Å². The molecule has 2 rings (SSSR count). The molecule has 1 atom stereocenters. The summed E-state index contributed by atoms with van der Waals surface area (Å²) in [6, 6.07) is 3.00. The van der Waals surface area contributed by atoms with Gasteiger partial charge >= 0.3 is 0 Å². The molecule has 88 valence electrons. The van der Waals surface area contributed by atoms with Gasteiger partial charge in [0.05, 0.1) is 6.10 Å². The number of sulfonamides is 1. The number of aromatic nitrogens is 1. The molecule has 0 radical (unpaired) electrons. The Morgan fingerprint density at radius 1 is 1.50 bits per heavy atom. The molecule has 1 unspecified atom stereocenters. The molecule has 5 nitrogen and oxygen atoms in total. The molecule has 16 heavy (non-hydrogen) atoms. The second-order valence-corrected chi connectivity index (χ2v) is 5.70. The summed E-state index contributed by atoms with van der Waals surface area (Å²) in [5, 5.41) is 14.6. The molecule has 0 saturated heterocycles. The van der Waals surface area contributed by atoms with E-state index in [1.807, 2.05) is 0 Å². The summed E-state index contributed by atoms with van der Waals surface area (Å²) < 4.78 is 21.9. The van der Waals surface area contributed by atoms with Crippen molar-refractivity contribution in [3.05, 3.63) is 24.0 Å². The van der Waals surface area contributed by atoms with Crippen LogP contribution >= 0.6 is 0 Å². The van der Waals surface area contributed by atoms with Crippen molar-refractivity contribution in [2.24, 2.45) is 11.1 Å². The van der Waals surface area contributed by atoms with Gasteiger partial charge in [-0.3, -0.25) is 4.98 Å². The Hall–Kier alpha value is -0.980. The summed E-state index contributed by atoms with van der Waals surface area (Å²) in [4.78, 5) is 3.97. The predicted octanol–water partition coefficient (Wildman–Crippen LogP) is 0.0424. The number of primary sulfonamides is 1. The van der Waals surface area contributed by atoms with Gasteiger partial charge < -0.3 is 5.11 Å². The molecule has 1 saturated carbocycles. The van der Waals surface area contributed by atoms with Gasteiger partial charge in [-0.05, 0) is 30.9 Å². The Balaban J connectivity index is 2.07. The van der Waals surface area contributed by atoms with Crippen molar-refractivity contribution in [2.45, 2.75) is 30.3 Å². The van der Waals surface area contributed by atoms with Crippen LogP contribution in [-0.4, -0.2) is 24.6 Å². The van der Waals surface area contributed by atoms with E-state index in [1.165, 1.54) is 12.3 Å². The van der Waals surface area contributed by atoms with E-state index in [0.717, 1.165) is 12.8 Å². The largest absolute Gasteiger partial charge is 0.392 e. The van der Waals surface area contributed by atoms with Crippen molar-refractivity contribution < 1.29 is 13.5 Å². The van der Waals surface area contributed by atoms with Crippen molar-refractivity contribution in [3.63, 3.8) is 0 Å². The third kappa shape index (κ3) is 2.78. The SMILES string of the molecule is NS(=O)(=O)c1ccc(CC(O)C2CC2)nc1. The van der Waals surface area contributed by atoms with Crippen LogP contribution in [0.2, 0.25) is 0 Å². The van der Waals surface area contributed by atoms with E-state index < -0.39 is 10.0 Å². The predicted molar refractivity (Wildman–Crippen MR) is 58.0 cm³/mol. The smallest absolute Gasteiger partial charge is 0.239 e. The van der Waals surface area contributed by atoms with Crippen LogP contribution in [-0.2, 0) is 16.4 Å². The number of pyridine rings is 1. The van der Waals surface area contributed by atoms with Crippen LogP contribution in [0.1, 0.15) is 18.5 Å². The minimum atomic E-state index is -3.68. The lowest BCUT2D eigenvalue weighted by atomic mass is 10.1. The zero-order chi connectivity index (χ0) is 11.8. The molecule has 6 heteroatoms. The summed E-state index contributed by atoms with van der Waals surface area (Å²) in [6.07, 6.45) is 3.46. The normalized spacial score (nSPS) is 18.4. The van der Waals surface area contributed by atoms with E-state index in [9.17, 15) is 13.5 Å². The minimum absolute atomic E-state index is 0.00263. The highest BCUT2D eigenvalue weighted by molar-refractivity contribution is 7.89. The Labute approximate surface area is 94.4 Å². The zero-order valence-electron chi connectivity index (χ0n) is 8.70. The van der Waals surface area contributed by atoms with Gasteiger partial charge in [0.25, 0.3) is 0 Å². The second-order valence-electron chi connectivity index (χ2n) is 4.14. The number of nitrogens with zero attached hydrogens (tertiary/aromatic N) is 1. The number of hydrogen-bond acceptors (Lipinski definition) is 4. The fourth-order valence-corrected chi connectivity index (χ4v) is 2.02. The minimum Gasteiger partial charge on any atom is -0.392 e. The molecule has 0 bridgehead atoms. The van der Waals surface area contributed by atoms with Gasteiger partial charge in [-0.2, -0.15) is 0 Å². The van der Waals surface area contributed by atoms with Crippen LogP contribution in [0.15, 0.2) is 23.2 Å². The van der Waals surface area contributed by atoms with Gasteiger partial charge in [-0.15, -0.1) is 0 Å². The van der Waals surface area contributed by atoms with E-state index in [-0.39, 0.29) is 11.0 Å². The summed E-state index contributed by atoms with van der Waals surface area (Å²) in [5.74, 6) is 0.389. The number of aliphatic hydroxyl groups is 1. The number of rotatable bonds is 4. The molecule has 1 aromatic rings. The van der Waals surface area contributed by atoms with Crippen LogP contribution in [0, 0.1) is 5.92 Å². The third-order valence-corrected chi connectivity index (χ3v) is 3.61. The molecule has 3 N–H and O–H groups in total. The maximum absolute atomic E-state index is 11.0. The molecule has 1 aliphatic carbocycles. The molecule has 0 aromatic carbocycles. The monoisotopic (exact) mass is 242 g/mol. The fourth-order valence-electron chi connectivity index (χ4n) is 1.56. The van der Waals surface area contributed by atoms with Crippen molar-refractivity contribution in [1.29, 1.82) is 0 Å². The van der Waals surface area contributed by atoms with E-state index in [1.54, 1.807) is 6.07 Å². The summed E-state index contributed by atoms with van der Waals surface area (Å²) >= 11 is 0. The first-order valence-electron chi connectivity index (χ1n) is 5.12. The zero-order valence-corrected chi connectivity index (χ0v) is 9.52. The number of hydrogen-bond donors (Lipinski definition) is 2. The van der Waals surface area contributed by atoms with E-state index in [0.29, 0.717) is 18.0 Å². The number of nitrogens with two attached hydrogens (primary N) is 1. The highest BCUT2D eigenvalue weighted by atomic mass is 32.2. The van der Waals surface area contributed by atoms with Gasteiger partial charge in [-0.1, -0.05) is 0 Å². The Morgan fingerprint density at radius 3 is 2.62 bits per heavy atom. The molecule has 1 heterocycles. The Bertz CT molecular complexity index is 465. The van der Waals surface area contributed by atoms with Crippen LogP contribution in [0.5, 0.6) is 0 Å². The van der Waals surface area contributed by atoms with Crippen LogP contribution in [0.25, 0.3) is 0 Å². The molecular weight excluding hydrogens is 228 g/mol.